The van der Waals surface area contributed by atoms with E-state index >= 15 is 0 Å². The zero-order valence-electron chi connectivity index (χ0n) is 17.0. The fourth-order valence-electron chi connectivity index (χ4n) is 5.29. The molecule has 1 aromatic rings. The van der Waals surface area contributed by atoms with Gasteiger partial charge >= 0.3 is 7.12 Å². The number of hydrogen-bond donors (Lipinski definition) is 2. The van der Waals surface area contributed by atoms with Gasteiger partial charge in [0.1, 0.15) is 24.2 Å². The zero-order chi connectivity index (χ0) is 20.7. The topological polar surface area (TPSA) is 100 Å². The number of carbonyl (C=O) groups excluding carboxylic acids is 2. The van der Waals surface area contributed by atoms with Gasteiger partial charge in [0.05, 0.1) is 11.8 Å². The van der Waals surface area contributed by atoms with Crippen LogP contribution in [0.3, 0.4) is 0 Å². The van der Waals surface area contributed by atoms with Crippen molar-refractivity contribution in [1.29, 1.82) is 0 Å². The van der Waals surface area contributed by atoms with Crippen molar-refractivity contribution in [3.8, 4) is 0 Å². The number of rotatable bonds is 6. The molecule has 2 saturated heterocycles. The van der Waals surface area contributed by atoms with Crippen molar-refractivity contribution in [2.75, 3.05) is 6.54 Å². The van der Waals surface area contributed by atoms with Crippen molar-refractivity contribution in [3.63, 3.8) is 0 Å². The summed E-state index contributed by atoms with van der Waals surface area (Å²) in [5, 5.41) is 20.1. The minimum atomic E-state index is -1.12. The van der Waals surface area contributed by atoms with Gasteiger partial charge in [0.2, 0.25) is 11.8 Å². The Kier molecular flexibility index (Phi) is 5.68. The van der Waals surface area contributed by atoms with Crippen molar-refractivity contribution >= 4 is 18.9 Å². The summed E-state index contributed by atoms with van der Waals surface area (Å²) < 4.78 is 11.5. The highest BCUT2D eigenvalue weighted by atomic mass is 16.5. The van der Waals surface area contributed by atoms with Crippen LogP contribution >= 0.6 is 0 Å². The summed E-state index contributed by atoms with van der Waals surface area (Å²) >= 11 is 0. The van der Waals surface area contributed by atoms with Gasteiger partial charge in [-0.15, -0.1) is 0 Å². The lowest BCUT2D eigenvalue weighted by atomic mass is 9.55. The number of fused-ring (bicyclic) bond motifs is 3. The Balaban J connectivity index is 1.71. The van der Waals surface area contributed by atoms with E-state index in [0.29, 0.717) is 30.9 Å². The number of aliphatic hydroxyl groups is 1. The Bertz CT molecular complexity index is 833. The van der Waals surface area contributed by atoms with Gasteiger partial charge in [0, 0.05) is 6.54 Å². The molecule has 1 aliphatic carbocycles. The van der Waals surface area contributed by atoms with Crippen LogP contribution in [0.5, 0.6) is 0 Å². The first-order chi connectivity index (χ1) is 14.0. The molecule has 0 saturated carbocycles. The first-order valence-corrected chi connectivity index (χ1v) is 10.6. The highest BCUT2D eigenvalue weighted by Crippen LogP contribution is 2.52. The number of aliphatic hydroxyl groups excluding tert-OH is 1. The van der Waals surface area contributed by atoms with Crippen molar-refractivity contribution in [3.05, 3.63) is 34.7 Å². The van der Waals surface area contributed by atoms with Crippen LogP contribution in [-0.4, -0.2) is 40.5 Å². The first kappa shape index (κ1) is 20.4. The average Bonchev–Trinajstić information content (AvgIpc) is 3.27. The van der Waals surface area contributed by atoms with Crippen molar-refractivity contribution in [2.45, 2.75) is 58.7 Å². The maximum absolute atomic E-state index is 13.2. The molecule has 0 unspecified atom stereocenters. The molecule has 8 heteroatoms. The minimum absolute atomic E-state index is 0.0763. The largest absolute Gasteiger partial charge is 0.487 e. The Hall–Kier alpha value is -1.90. The van der Waals surface area contributed by atoms with E-state index in [2.05, 4.69) is 6.92 Å². The van der Waals surface area contributed by atoms with Gasteiger partial charge in [0.25, 0.3) is 0 Å². The number of nitrogens with zero attached hydrogens (tertiary/aromatic N) is 1. The van der Waals surface area contributed by atoms with Gasteiger partial charge in [-0.1, -0.05) is 25.8 Å². The maximum Gasteiger partial charge on any atom is 0.487 e. The zero-order valence-corrected chi connectivity index (χ0v) is 17.0. The van der Waals surface area contributed by atoms with E-state index in [9.17, 15) is 19.7 Å². The van der Waals surface area contributed by atoms with Gasteiger partial charge in [-0.2, -0.15) is 0 Å². The van der Waals surface area contributed by atoms with Crippen LogP contribution in [0.4, 0.5) is 0 Å². The van der Waals surface area contributed by atoms with Gasteiger partial charge in [0.15, 0.2) is 0 Å². The third-order valence-electron chi connectivity index (χ3n) is 6.46. The molecular formula is C21H28BNO6. The molecule has 0 radical (unpaired) electrons. The lowest BCUT2D eigenvalue weighted by Crippen LogP contribution is -2.44. The fraction of sp³-hybridized carbons (Fsp3) is 0.619. The van der Waals surface area contributed by atoms with Crippen LogP contribution < -0.4 is 0 Å². The maximum atomic E-state index is 13.2. The summed E-state index contributed by atoms with van der Waals surface area (Å²) in [6.45, 7) is 4.25. The van der Waals surface area contributed by atoms with Gasteiger partial charge in [-0.25, -0.2) is 0 Å². The lowest BCUT2D eigenvalue weighted by Gasteiger charge is -2.41. The normalized spacial score (nSPS) is 29.5. The highest BCUT2D eigenvalue weighted by molar-refractivity contribution is 6.53. The molecule has 2 amide bonds. The Morgan fingerprint density at radius 3 is 2.62 bits per heavy atom. The number of imide groups is 1. The molecule has 0 spiro atoms. The second kappa shape index (κ2) is 8.09. The monoisotopic (exact) mass is 401 g/mol. The number of furan rings is 1. The third kappa shape index (κ3) is 3.37. The molecule has 3 aliphatic rings. The molecule has 4 rings (SSSR count). The summed E-state index contributed by atoms with van der Waals surface area (Å²) in [6.07, 6.45) is 2.88. The van der Waals surface area contributed by atoms with Gasteiger partial charge < -0.3 is 19.2 Å². The quantitative estimate of drug-likeness (QED) is 0.561. The number of hydrogen-bond acceptors (Lipinski definition) is 6. The molecule has 4 atom stereocenters. The molecule has 2 aliphatic heterocycles. The van der Waals surface area contributed by atoms with E-state index < -0.39 is 19.1 Å². The lowest BCUT2D eigenvalue weighted by molar-refractivity contribution is -0.140. The van der Waals surface area contributed by atoms with Crippen molar-refractivity contribution in [2.24, 2.45) is 17.8 Å². The van der Waals surface area contributed by atoms with E-state index in [0.717, 1.165) is 30.3 Å². The van der Waals surface area contributed by atoms with E-state index in [-0.39, 0.29) is 30.3 Å². The van der Waals surface area contributed by atoms with Crippen molar-refractivity contribution < 1.29 is 28.8 Å². The number of amides is 2. The number of carbonyl (C=O) groups is 2. The summed E-state index contributed by atoms with van der Waals surface area (Å²) in [7, 11) is -1.12. The molecule has 7 nitrogen and oxygen atoms in total. The summed E-state index contributed by atoms with van der Waals surface area (Å²) in [5.41, 5.74) is 1.84. The number of likely N-dealkylation sites (tertiary alicyclic amines) is 1. The smallest absolute Gasteiger partial charge is 0.461 e. The molecule has 0 bridgehead atoms. The molecule has 0 aromatic carbocycles. The highest BCUT2D eigenvalue weighted by Gasteiger charge is 2.57. The Labute approximate surface area is 170 Å². The van der Waals surface area contributed by atoms with Crippen LogP contribution in [0.2, 0.25) is 0 Å². The molecule has 1 aromatic heterocycles. The predicted molar refractivity (Wildman–Crippen MR) is 105 cm³/mol. The summed E-state index contributed by atoms with van der Waals surface area (Å²) in [4.78, 5) is 27.6. The van der Waals surface area contributed by atoms with Crippen LogP contribution in [0.15, 0.2) is 27.6 Å². The van der Waals surface area contributed by atoms with Gasteiger partial charge in [-0.3, -0.25) is 14.5 Å². The summed E-state index contributed by atoms with van der Waals surface area (Å²) in [5.74, 6) is -0.291. The van der Waals surface area contributed by atoms with Gasteiger partial charge in [-0.05, 0) is 49.2 Å². The molecule has 2 N–H and O–H groups in total. The van der Waals surface area contributed by atoms with E-state index in [4.69, 9.17) is 9.07 Å². The Morgan fingerprint density at radius 2 is 1.97 bits per heavy atom. The fourth-order valence-corrected chi connectivity index (χ4v) is 5.29. The van der Waals surface area contributed by atoms with Crippen LogP contribution in [0.25, 0.3) is 0 Å². The first-order valence-electron chi connectivity index (χ1n) is 10.6. The second-order valence-corrected chi connectivity index (χ2v) is 8.25. The van der Waals surface area contributed by atoms with Crippen LogP contribution in [0.1, 0.15) is 63.6 Å². The SMILES string of the molecule is CCCC1=C2B(O)O[C@H](c3ccc(CO)o3)C[C@H]2[C@H]2C(=O)N(CCC)C(=O)[C@H]2C1. The average molecular weight is 401 g/mol. The van der Waals surface area contributed by atoms with Crippen molar-refractivity contribution in [1.82, 2.24) is 4.90 Å². The molecule has 2 fully saturated rings. The third-order valence-corrected chi connectivity index (χ3v) is 6.46. The van der Waals surface area contributed by atoms with Crippen LogP contribution in [-0.2, 0) is 20.9 Å². The van der Waals surface area contributed by atoms with E-state index in [1.165, 1.54) is 4.90 Å². The summed E-state index contributed by atoms with van der Waals surface area (Å²) in [6, 6.07) is 3.41. The molecular weight excluding hydrogens is 373 g/mol. The van der Waals surface area contributed by atoms with E-state index in [1.807, 2.05) is 6.92 Å². The molecule has 3 heterocycles. The number of allylic oxidation sites excluding steroid dienone is 2. The van der Waals surface area contributed by atoms with E-state index in [1.54, 1.807) is 12.1 Å². The standard InChI is InChI=1S/C21H28BNO6/c1-3-5-12-9-15-18(21(26)23(8-4-2)20(15)25)14-10-17(29-22(27)19(12)14)16-7-6-13(11-24)28-16/h6-7,14-15,17-18,24,27H,3-5,8-11H2,1-2H3/t14-,15-,17-,18+/m0/s1. The second-order valence-electron chi connectivity index (χ2n) is 8.25. The molecule has 29 heavy (non-hydrogen) atoms. The predicted octanol–water partition coefficient (Wildman–Crippen LogP) is 2.38. The Morgan fingerprint density at radius 1 is 1.17 bits per heavy atom. The minimum Gasteiger partial charge on any atom is -0.461 e. The molecule has 156 valence electrons. The van der Waals surface area contributed by atoms with Crippen LogP contribution in [0, 0.1) is 17.8 Å².